The van der Waals surface area contributed by atoms with Gasteiger partial charge in [0.05, 0.1) is 12.5 Å². The van der Waals surface area contributed by atoms with Gasteiger partial charge in [0.15, 0.2) is 5.43 Å². The molecule has 4 rings (SSSR count). The van der Waals surface area contributed by atoms with Crippen LogP contribution < -0.4 is 5.43 Å². The van der Waals surface area contributed by atoms with E-state index in [1.807, 2.05) is 43.3 Å². The second-order valence-electron chi connectivity index (χ2n) is 6.79. The molecule has 1 aliphatic rings. The minimum absolute atomic E-state index is 0.119. The maximum Gasteiger partial charge on any atom is 0.355 e. The van der Waals surface area contributed by atoms with E-state index in [9.17, 15) is 9.59 Å². The lowest BCUT2D eigenvalue weighted by Crippen LogP contribution is -2.25. The molecule has 1 fully saturated rings. The Morgan fingerprint density at radius 2 is 1.92 bits per heavy atom. The molecule has 0 atom stereocenters. The number of methoxy groups -OCH3 is 1. The molecular weight excluding hydrogens is 328 g/mol. The molecule has 2 heterocycles. The van der Waals surface area contributed by atoms with E-state index in [1.54, 1.807) is 10.6 Å². The molecule has 0 unspecified atom stereocenters. The van der Waals surface area contributed by atoms with Crippen molar-refractivity contribution < 1.29 is 9.53 Å². The van der Waals surface area contributed by atoms with Crippen LogP contribution in [0, 0.1) is 12.8 Å². The van der Waals surface area contributed by atoms with Gasteiger partial charge in [0.25, 0.3) is 0 Å². The van der Waals surface area contributed by atoms with E-state index in [4.69, 9.17) is 4.74 Å². The zero-order chi connectivity index (χ0) is 18.3. The number of benzene rings is 1. The predicted molar refractivity (Wildman–Crippen MR) is 99.8 cm³/mol. The second kappa shape index (κ2) is 6.41. The molecular formula is C21H20N2O3. The number of carbonyl (C=O) groups excluding carboxylic acids is 1. The highest BCUT2D eigenvalue weighted by molar-refractivity contribution is 5.94. The Hall–Kier alpha value is -2.95. The van der Waals surface area contributed by atoms with E-state index < -0.39 is 5.97 Å². The van der Waals surface area contributed by atoms with Gasteiger partial charge >= 0.3 is 5.97 Å². The number of esters is 1. The average Bonchev–Trinajstić information content (AvgIpc) is 3.47. The largest absolute Gasteiger partial charge is 0.464 e. The third-order valence-corrected chi connectivity index (χ3v) is 4.84. The fourth-order valence-corrected chi connectivity index (χ4v) is 3.34. The minimum atomic E-state index is -0.508. The van der Waals surface area contributed by atoms with Crippen molar-refractivity contribution in [3.63, 3.8) is 0 Å². The Morgan fingerprint density at radius 3 is 2.58 bits per heavy atom. The molecule has 0 aliphatic heterocycles. The normalized spacial score (nSPS) is 13.8. The van der Waals surface area contributed by atoms with Crippen LogP contribution in [-0.4, -0.2) is 22.6 Å². The molecule has 5 heteroatoms. The highest BCUT2D eigenvalue weighted by Crippen LogP contribution is 2.34. The van der Waals surface area contributed by atoms with E-state index in [0.29, 0.717) is 34.6 Å². The third-order valence-electron chi connectivity index (χ3n) is 4.84. The Labute approximate surface area is 151 Å². The smallest absolute Gasteiger partial charge is 0.355 e. The molecule has 0 saturated heterocycles. The van der Waals surface area contributed by atoms with Crippen molar-refractivity contribution in [1.82, 2.24) is 9.55 Å². The van der Waals surface area contributed by atoms with Crippen molar-refractivity contribution in [2.45, 2.75) is 26.2 Å². The zero-order valence-electron chi connectivity index (χ0n) is 14.9. The Balaban J connectivity index is 2.16. The molecule has 0 N–H and O–H groups in total. The topological polar surface area (TPSA) is 61.2 Å². The monoisotopic (exact) mass is 348 g/mol. The molecule has 1 aliphatic carbocycles. The number of aromatic nitrogens is 2. The van der Waals surface area contributed by atoms with Crippen LogP contribution in [0.25, 0.3) is 16.7 Å². The quantitative estimate of drug-likeness (QED) is 0.678. The fraction of sp³-hybridized carbons (Fsp3) is 0.286. The van der Waals surface area contributed by atoms with E-state index >= 15 is 0 Å². The molecule has 132 valence electrons. The van der Waals surface area contributed by atoms with Crippen LogP contribution in [0.4, 0.5) is 0 Å². The lowest BCUT2D eigenvalue weighted by molar-refractivity contribution is 0.0589. The summed E-state index contributed by atoms with van der Waals surface area (Å²) in [7, 11) is 1.34. The first-order valence-electron chi connectivity index (χ1n) is 8.79. The van der Waals surface area contributed by atoms with Gasteiger partial charge in [-0.3, -0.25) is 9.36 Å². The van der Waals surface area contributed by atoms with E-state index in [0.717, 1.165) is 24.2 Å². The first kappa shape index (κ1) is 16.5. The molecule has 3 aromatic rings. The van der Waals surface area contributed by atoms with Gasteiger partial charge in [0.2, 0.25) is 0 Å². The van der Waals surface area contributed by atoms with Crippen LogP contribution in [0.5, 0.6) is 0 Å². The van der Waals surface area contributed by atoms with Crippen LogP contribution in [0.3, 0.4) is 0 Å². The molecule has 0 spiro atoms. The number of para-hydroxylation sites is 1. The van der Waals surface area contributed by atoms with Gasteiger partial charge in [-0.2, -0.15) is 0 Å². The van der Waals surface area contributed by atoms with Gasteiger partial charge in [-0.05, 0) is 56.4 Å². The summed E-state index contributed by atoms with van der Waals surface area (Å²) in [5, 5.41) is 0.530. The van der Waals surface area contributed by atoms with Gasteiger partial charge < -0.3 is 4.74 Å². The van der Waals surface area contributed by atoms with Gasteiger partial charge in [-0.1, -0.05) is 18.2 Å². The Morgan fingerprint density at radius 1 is 1.19 bits per heavy atom. The lowest BCUT2D eigenvalue weighted by atomic mass is 10.0. The average molecular weight is 348 g/mol. The van der Waals surface area contributed by atoms with Crippen molar-refractivity contribution >= 4 is 17.0 Å². The summed E-state index contributed by atoms with van der Waals surface area (Å²) in [4.78, 5) is 30.4. The van der Waals surface area contributed by atoms with Gasteiger partial charge in [0.1, 0.15) is 11.3 Å². The first-order valence-corrected chi connectivity index (χ1v) is 8.79. The Bertz CT molecular complexity index is 1050. The van der Waals surface area contributed by atoms with Crippen LogP contribution in [0.1, 0.15) is 34.6 Å². The summed E-state index contributed by atoms with van der Waals surface area (Å²) in [5.41, 5.74) is 2.76. The zero-order valence-corrected chi connectivity index (χ0v) is 14.9. The van der Waals surface area contributed by atoms with Gasteiger partial charge in [-0.25, -0.2) is 9.78 Å². The minimum Gasteiger partial charge on any atom is -0.464 e. The van der Waals surface area contributed by atoms with Gasteiger partial charge in [0, 0.05) is 16.9 Å². The van der Waals surface area contributed by atoms with E-state index in [1.165, 1.54) is 7.11 Å². The first-order chi connectivity index (χ1) is 12.6. The number of carbonyl (C=O) groups is 1. The molecule has 26 heavy (non-hydrogen) atoms. The van der Waals surface area contributed by atoms with E-state index in [2.05, 4.69) is 4.98 Å². The number of rotatable bonds is 4. The number of hydrogen-bond donors (Lipinski definition) is 0. The SMILES string of the molecule is COC(=O)c1c(CC2CC2)c(=O)c2ccc(C)nc2n1-c1ccccc1. The molecule has 1 saturated carbocycles. The summed E-state index contributed by atoms with van der Waals surface area (Å²) in [5.74, 6) is -0.0435. The number of nitrogens with zero attached hydrogens (tertiary/aromatic N) is 2. The number of hydrogen-bond acceptors (Lipinski definition) is 4. The lowest BCUT2D eigenvalue weighted by Gasteiger charge is -2.18. The molecule has 0 amide bonds. The molecule has 0 radical (unpaired) electrons. The van der Waals surface area contributed by atoms with E-state index in [-0.39, 0.29) is 5.43 Å². The standard InChI is InChI=1S/C21H20N2O3/c1-13-8-11-16-19(24)17(12-14-9-10-14)18(21(25)26-2)23(20(16)22-13)15-6-4-3-5-7-15/h3-8,11,14H,9-10,12H2,1-2H3. The predicted octanol–water partition coefficient (Wildman–Crippen LogP) is 3.43. The molecule has 2 aromatic heterocycles. The molecule has 5 nitrogen and oxygen atoms in total. The van der Waals surface area contributed by atoms with Crippen LogP contribution in [0.2, 0.25) is 0 Å². The Kier molecular flexibility index (Phi) is 4.07. The van der Waals surface area contributed by atoms with Crippen LogP contribution in [0.15, 0.2) is 47.3 Å². The maximum absolute atomic E-state index is 13.2. The highest BCUT2D eigenvalue weighted by atomic mass is 16.5. The number of aryl methyl sites for hydroxylation is 1. The number of pyridine rings is 2. The highest BCUT2D eigenvalue weighted by Gasteiger charge is 2.30. The van der Waals surface area contributed by atoms with Crippen molar-refractivity contribution in [3.05, 3.63) is 69.6 Å². The number of fused-ring (bicyclic) bond motifs is 1. The summed E-state index contributed by atoms with van der Waals surface area (Å²) in [6, 6.07) is 13.2. The van der Waals surface area contributed by atoms with Crippen molar-refractivity contribution in [2.24, 2.45) is 5.92 Å². The molecule has 1 aromatic carbocycles. The fourth-order valence-electron chi connectivity index (χ4n) is 3.34. The van der Waals surface area contributed by atoms with Crippen molar-refractivity contribution in [2.75, 3.05) is 7.11 Å². The molecule has 0 bridgehead atoms. The van der Waals surface area contributed by atoms with Crippen molar-refractivity contribution in [1.29, 1.82) is 0 Å². The van der Waals surface area contributed by atoms with Crippen molar-refractivity contribution in [3.8, 4) is 5.69 Å². The summed E-state index contributed by atoms with van der Waals surface area (Å²) < 4.78 is 6.82. The van der Waals surface area contributed by atoms with Crippen LogP contribution >= 0.6 is 0 Å². The van der Waals surface area contributed by atoms with Gasteiger partial charge in [-0.15, -0.1) is 0 Å². The summed E-state index contributed by atoms with van der Waals surface area (Å²) >= 11 is 0. The summed E-state index contributed by atoms with van der Waals surface area (Å²) in [6.45, 7) is 1.87. The third kappa shape index (κ3) is 2.79. The number of ether oxygens (including phenoxy) is 1. The summed E-state index contributed by atoms with van der Waals surface area (Å²) in [6.07, 6.45) is 2.78. The second-order valence-corrected chi connectivity index (χ2v) is 6.79. The maximum atomic E-state index is 13.2. The van der Waals surface area contributed by atoms with Crippen LogP contribution in [-0.2, 0) is 11.2 Å².